The van der Waals surface area contributed by atoms with E-state index in [1.165, 1.54) is 17.0 Å². The molecule has 9 nitrogen and oxygen atoms in total. The number of ether oxygens (including phenoxy) is 2. The third kappa shape index (κ3) is 4.14. The van der Waals surface area contributed by atoms with Crippen molar-refractivity contribution in [2.45, 2.75) is 26.4 Å². The van der Waals surface area contributed by atoms with Crippen molar-refractivity contribution in [1.82, 2.24) is 9.96 Å². The molecule has 0 aromatic heterocycles. The molecule has 1 atom stereocenters. The Kier molecular flexibility index (Phi) is 5.37. The largest absolute Gasteiger partial charge is 0.444 e. The van der Waals surface area contributed by atoms with Crippen LogP contribution in [0, 0.1) is 5.92 Å². The molecular weight excluding hydrogens is 368 g/mol. The minimum atomic E-state index is -0.862. The van der Waals surface area contributed by atoms with Gasteiger partial charge in [-0.3, -0.25) is 9.59 Å². The molecule has 1 unspecified atom stereocenters. The Morgan fingerprint density at radius 3 is 2.29 bits per heavy atom. The summed E-state index contributed by atoms with van der Waals surface area (Å²) in [6.45, 7) is 5.72. The van der Waals surface area contributed by atoms with E-state index in [2.05, 4.69) is 0 Å². The molecule has 0 bridgehead atoms. The lowest BCUT2D eigenvalue weighted by atomic mass is 10.1. The molecule has 0 spiro atoms. The van der Waals surface area contributed by atoms with E-state index in [1.807, 2.05) is 0 Å². The fraction of sp³-hybridized carbons (Fsp3) is 0.474. The summed E-state index contributed by atoms with van der Waals surface area (Å²) in [6.07, 6.45) is -0.573. The molecule has 1 aromatic carbocycles. The number of amides is 3. The minimum absolute atomic E-state index is 0.00129. The molecule has 0 saturated carbocycles. The second kappa shape index (κ2) is 7.59. The van der Waals surface area contributed by atoms with Crippen LogP contribution in [0.5, 0.6) is 0 Å². The van der Waals surface area contributed by atoms with Crippen molar-refractivity contribution in [1.29, 1.82) is 0 Å². The lowest BCUT2D eigenvalue weighted by molar-refractivity contribution is -0.175. The summed E-state index contributed by atoms with van der Waals surface area (Å²) in [6, 6.07) is 6.21. The maximum absolute atomic E-state index is 12.6. The maximum Gasteiger partial charge on any atom is 0.410 e. The molecule has 2 aliphatic heterocycles. The Labute approximate surface area is 162 Å². The Hall–Kier alpha value is -2.94. The average molecular weight is 390 g/mol. The Bertz CT molecular complexity index is 780. The molecular formula is C19H22N2O7. The highest BCUT2D eigenvalue weighted by molar-refractivity contribution is 6.20. The number of nitrogens with zero attached hydrogens (tertiary/aromatic N) is 2. The zero-order valence-electron chi connectivity index (χ0n) is 16.0. The average Bonchev–Trinajstić information content (AvgIpc) is 2.82. The summed E-state index contributed by atoms with van der Waals surface area (Å²) in [7, 11) is 0. The number of carbonyl (C=O) groups excluding carboxylic acids is 4. The van der Waals surface area contributed by atoms with E-state index in [-0.39, 0.29) is 37.4 Å². The fourth-order valence-corrected chi connectivity index (χ4v) is 2.86. The van der Waals surface area contributed by atoms with E-state index in [0.717, 1.165) is 0 Å². The van der Waals surface area contributed by atoms with Crippen molar-refractivity contribution in [2.24, 2.45) is 5.92 Å². The van der Waals surface area contributed by atoms with Crippen LogP contribution in [0.4, 0.5) is 4.79 Å². The van der Waals surface area contributed by atoms with Crippen molar-refractivity contribution in [2.75, 3.05) is 26.3 Å². The summed E-state index contributed by atoms with van der Waals surface area (Å²) in [5.41, 5.74) is -0.332. The summed E-state index contributed by atoms with van der Waals surface area (Å²) in [4.78, 5) is 56.0. The molecule has 1 saturated heterocycles. The van der Waals surface area contributed by atoms with Gasteiger partial charge in [0.15, 0.2) is 0 Å². The van der Waals surface area contributed by atoms with E-state index in [1.54, 1.807) is 32.9 Å². The number of benzene rings is 1. The lowest BCUT2D eigenvalue weighted by Gasteiger charge is -2.27. The van der Waals surface area contributed by atoms with Gasteiger partial charge in [0.1, 0.15) is 11.5 Å². The summed E-state index contributed by atoms with van der Waals surface area (Å²) in [5.74, 6) is -3.09. The Morgan fingerprint density at radius 2 is 1.71 bits per heavy atom. The van der Waals surface area contributed by atoms with Gasteiger partial charge < -0.3 is 19.2 Å². The van der Waals surface area contributed by atoms with Gasteiger partial charge in [-0.05, 0) is 32.9 Å². The van der Waals surface area contributed by atoms with Gasteiger partial charge in [-0.25, -0.2) is 9.59 Å². The van der Waals surface area contributed by atoms with Crippen LogP contribution in [0.1, 0.15) is 41.5 Å². The minimum Gasteiger partial charge on any atom is -0.444 e. The maximum atomic E-state index is 12.6. The van der Waals surface area contributed by atoms with Crippen LogP contribution >= 0.6 is 0 Å². The summed E-state index contributed by atoms with van der Waals surface area (Å²) < 4.78 is 10.7. The first kappa shape index (κ1) is 19.8. The first-order valence-electron chi connectivity index (χ1n) is 8.92. The lowest BCUT2D eigenvalue weighted by Crippen LogP contribution is -2.43. The fourth-order valence-electron chi connectivity index (χ4n) is 2.86. The molecule has 0 radical (unpaired) electrons. The van der Waals surface area contributed by atoms with E-state index in [0.29, 0.717) is 5.06 Å². The molecule has 3 rings (SSSR count). The van der Waals surface area contributed by atoms with Gasteiger partial charge in [-0.1, -0.05) is 17.2 Å². The van der Waals surface area contributed by atoms with Gasteiger partial charge in [-0.2, -0.15) is 0 Å². The van der Waals surface area contributed by atoms with Gasteiger partial charge in [-0.15, -0.1) is 0 Å². The van der Waals surface area contributed by atoms with Crippen molar-refractivity contribution in [3.63, 3.8) is 0 Å². The molecule has 2 aliphatic rings. The van der Waals surface area contributed by atoms with Gasteiger partial charge in [0.2, 0.25) is 0 Å². The molecule has 150 valence electrons. The van der Waals surface area contributed by atoms with Gasteiger partial charge >= 0.3 is 12.1 Å². The van der Waals surface area contributed by atoms with Crippen molar-refractivity contribution >= 4 is 23.9 Å². The number of hydrogen-bond acceptors (Lipinski definition) is 7. The summed E-state index contributed by atoms with van der Waals surface area (Å²) in [5, 5.41) is 0.454. The predicted octanol–water partition coefficient (Wildman–Crippen LogP) is 1.62. The van der Waals surface area contributed by atoms with Crippen LogP contribution in [-0.4, -0.2) is 65.7 Å². The van der Waals surface area contributed by atoms with Crippen LogP contribution in [0.2, 0.25) is 0 Å². The number of rotatable bonds is 2. The second-order valence-electron chi connectivity index (χ2n) is 7.56. The van der Waals surface area contributed by atoms with Gasteiger partial charge in [0.25, 0.3) is 11.8 Å². The molecule has 1 aromatic rings. The monoisotopic (exact) mass is 390 g/mol. The topological polar surface area (TPSA) is 102 Å². The van der Waals surface area contributed by atoms with Crippen molar-refractivity contribution in [3.8, 4) is 0 Å². The second-order valence-corrected chi connectivity index (χ2v) is 7.56. The number of fused-ring (bicyclic) bond motifs is 1. The molecule has 9 heteroatoms. The third-order valence-corrected chi connectivity index (χ3v) is 4.19. The van der Waals surface area contributed by atoms with Crippen LogP contribution in [-0.2, 0) is 19.1 Å². The van der Waals surface area contributed by atoms with Crippen LogP contribution < -0.4 is 0 Å². The smallest absolute Gasteiger partial charge is 0.410 e. The van der Waals surface area contributed by atoms with E-state index in [9.17, 15) is 19.2 Å². The normalized spacial score (nSPS) is 19.9. The predicted molar refractivity (Wildman–Crippen MR) is 95.2 cm³/mol. The number of imide groups is 1. The first-order chi connectivity index (χ1) is 13.2. The standard InChI is InChI=1S/C19H22N2O7/c1-19(2,3)27-18(25)20-8-9-26-11-12(10-20)17(24)28-21-15(22)13-6-4-5-7-14(13)16(21)23/h4-7,12H,8-11H2,1-3H3. The third-order valence-electron chi connectivity index (χ3n) is 4.19. The van der Waals surface area contributed by atoms with Gasteiger partial charge in [0, 0.05) is 13.1 Å². The molecule has 0 N–H and O–H groups in total. The number of hydrogen-bond donors (Lipinski definition) is 0. The molecule has 2 heterocycles. The highest BCUT2D eigenvalue weighted by Gasteiger charge is 2.40. The highest BCUT2D eigenvalue weighted by atomic mass is 16.7. The van der Waals surface area contributed by atoms with Crippen LogP contribution in [0.15, 0.2) is 24.3 Å². The first-order valence-corrected chi connectivity index (χ1v) is 8.92. The SMILES string of the molecule is CC(C)(C)OC(=O)N1CCOCC(C(=O)ON2C(=O)c3ccccc3C2=O)C1. The molecule has 0 aliphatic carbocycles. The van der Waals surface area contributed by atoms with E-state index >= 15 is 0 Å². The zero-order chi connectivity index (χ0) is 20.5. The van der Waals surface area contributed by atoms with Gasteiger partial charge in [0.05, 0.1) is 24.3 Å². The zero-order valence-corrected chi connectivity index (χ0v) is 16.0. The highest BCUT2D eigenvalue weighted by Crippen LogP contribution is 2.24. The molecule has 3 amide bonds. The quantitative estimate of drug-likeness (QED) is 0.707. The Morgan fingerprint density at radius 1 is 1.11 bits per heavy atom. The van der Waals surface area contributed by atoms with Crippen molar-refractivity contribution in [3.05, 3.63) is 35.4 Å². The van der Waals surface area contributed by atoms with E-state index in [4.69, 9.17) is 14.3 Å². The molecule has 1 fully saturated rings. The number of carbonyl (C=O) groups is 4. The number of hydroxylamine groups is 2. The van der Waals surface area contributed by atoms with Crippen LogP contribution in [0.3, 0.4) is 0 Å². The van der Waals surface area contributed by atoms with Crippen LogP contribution in [0.25, 0.3) is 0 Å². The Balaban J connectivity index is 1.68. The molecule has 28 heavy (non-hydrogen) atoms. The van der Waals surface area contributed by atoms with E-state index < -0.39 is 35.4 Å². The van der Waals surface area contributed by atoms with Crippen molar-refractivity contribution < 1.29 is 33.5 Å². The summed E-state index contributed by atoms with van der Waals surface area (Å²) >= 11 is 0.